The minimum absolute atomic E-state index is 0.0560. The molecule has 0 spiro atoms. The monoisotopic (exact) mass is 261 g/mol. The summed E-state index contributed by atoms with van der Waals surface area (Å²) in [5, 5.41) is 3.02. The largest absolute Gasteiger partial charge is 0.334 e. The first kappa shape index (κ1) is 13.8. The Morgan fingerprint density at radius 3 is 2.53 bits per heavy atom. The predicted octanol–water partition coefficient (Wildman–Crippen LogP) is 2.80. The number of urea groups is 1. The van der Waals surface area contributed by atoms with Gasteiger partial charge in [0.15, 0.2) is 0 Å². The average molecular weight is 261 g/mol. The zero-order valence-electron chi connectivity index (χ0n) is 12.0. The van der Waals surface area contributed by atoms with E-state index >= 15 is 0 Å². The van der Waals surface area contributed by atoms with Crippen LogP contribution in [0.1, 0.15) is 39.2 Å². The number of aromatic nitrogens is 1. The summed E-state index contributed by atoms with van der Waals surface area (Å²) in [5.41, 5.74) is 1.08. The molecule has 1 atom stereocenters. The van der Waals surface area contributed by atoms with E-state index in [1.165, 1.54) is 0 Å². The van der Waals surface area contributed by atoms with Gasteiger partial charge in [-0.3, -0.25) is 4.98 Å². The third kappa shape index (κ3) is 3.69. The lowest BCUT2D eigenvalue weighted by Gasteiger charge is -2.32. The fraction of sp³-hybridized carbons (Fsp3) is 0.600. The highest BCUT2D eigenvalue weighted by molar-refractivity contribution is 5.75. The van der Waals surface area contributed by atoms with E-state index in [0.717, 1.165) is 18.4 Å². The highest BCUT2D eigenvalue weighted by Gasteiger charge is 2.36. The van der Waals surface area contributed by atoms with Gasteiger partial charge >= 0.3 is 6.03 Å². The van der Waals surface area contributed by atoms with Gasteiger partial charge in [-0.15, -0.1) is 0 Å². The fourth-order valence-corrected chi connectivity index (χ4v) is 2.13. The molecule has 4 heteroatoms. The Hall–Kier alpha value is -1.58. The molecule has 104 valence electrons. The Balaban J connectivity index is 1.93. The van der Waals surface area contributed by atoms with Gasteiger partial charge in [0.2, 0.25) is 0 Å². The number of hydrogen-bond donors (Lipinski definition) is 1. The average Bonchev–Trinajstić information content (AvgIpc) is 3.22. The van der Waals surface area contributed by atoms with E-state index in [0.29, 0.717) is 18.5 Å². The normalized spacial score (nSPS) is 16.2. The molecule has 1 fully saturated rings. The smallest absolute Gasteiger partial charge is 0.318 e. The van der Waals surface area contributed by atoms with E-state index < -0.39 is 0 Å². The molecule has 0 saturated heterocycles. The SMILES string of the molecule is CC(C)C(C)N(C(=O)NCc1ccncc1)C1CC1. The van der Waals surface area contributed by atoms with Gasteiger partial charge in [0.25, 0.3) is 0 Å². The summed E-state index contributed by atoms with van der Waals surface area (Å²) >= 11 is 0. The molecule has 4 nitrogen and oxygen atoms in total. The van der Waals surface area contributed by atoms with Gasteiger partial charge < -0.3 is 10.2 Å². The molecule has 1 N–H and O–H groups in total. The number of rotatable bonds is 5. The molecular weight excluding hydrogens is 238 g/mol. The quantitative estimate of drug-likeness (QED) is 0.886. The summed E-state index contributed by atoms with van der Waals surface area (Å²) in [6, 6.07) is 4.63. The van der Waals surface area contributed by atoms with Crippen LogP contribution in [0.3, 0.4) is 0 Å². The second-order valence-electron chi connectivity index (χ2n) is 5.64. The molecular formula is C15H23N3O. The minimum Gasteiger partial charge on any atom is -0.334 e. The Morgan fingerprint density at radius 1 is 1.37 bits per heavy atom. The van der Waals surface area contributed by atoms with Crippen LogP contribution in [0.15, 0.2) is 24.5 Å². The van der Waals surface area contributed by atoms with Crippen LogP contribution in [0.5, 0.6) is 0 Å². The van der Waals surface area contributed by atoms with Crippen molar-refractivity contribution in [1.29, 1.82) is 0 Å². The van der Waals surface area contributed by atoms with Crippen LogP contribution in [0, 0.1) is 5.92 Å². The van der Waals surface area contributed by atoms with Crippen molar-refractivity contribution in [3.8, 4) is 0 Å². The molecule has 1 heterocycles. The molecule has 1 aromatic heterocycles. The van der Waals surface area contributed by atoms with Crippen LogP contribution in [0.25, 0.3) is 0 Å². The summed E-state index contributed by atoms with van der Waals surface area (Å²) in [7, 11) is 0. The fourth-order valence-electron chi connectivity index (χ4n) is 2.13. The third-order valence-electron chi connectivity index (χ3n) is 3.77. The molecule has 0 bridgehead atoms. The number of nitrogens with zero attached hydrogens (tertiary/aromatic N) is 2. The molecule has 1 aliphatic carbocycles. The van der Waals surface area contributed by atoms with Crippen molar-refractivity contribution in [2.24, 2.45) is 5.92 Å². The van der Waals surface area contributed by atoms with E-state index in [-0.39, 0.29) is 12.1 Å². The number of carbonyl (C=O) groups excluding carboxylic acids is 1. The second-order valence-corrected chi connectivity index (χ2v) is 5.64. The highest BCUT2D eigenvalue weighted by Crippen LogP contribution is 2.30. The van der Waals surface area contributed by atoms with Crippen LogP contribution < -0.4 is 5.32 Å². The molecule has 0 aliphatic heterocycles. The van der Waals surface area contributed by atoms with Gasteiger partial charge in [-0.2, -0.15) is 0 Å². The van der Waals surface area contributed by atoms with Gasteiger partial charge in [-0.05, 0) is 43.4 Å². The van der Waals surface area contributed by atoms with Gasteiger partial charge in [-0.1, -0.05) is 13.8 Å². The van der Waals surface area contributed by atoms with E-state index in [4.69, 9.17) is 0 Å². The van der Waals surface area contributed by atoms with Crippen molar-refractivity contribution in [2.45, 2.75) is 52.2 Å². The maximum absolute atomic E-state index is 12.3. The molecule has 1 saturated carbocycles. The van der Waals surface area contributed by atoms with Gasteiger partial charge in [0, 0.05) is 31.0 Å². The maximum atomic E-state index is 12.3. The second kappa shape index (κ2) is 6.04. The molecule has 1 aromatic rings. The van der Waals surface area contributed by atoms with Crippen molar-refractivity contribution in [3.63, 3.8) is 0 Å². The molecule has 1 unspecified atom stereocenters. The van der Waals surface area contributed by atoms with Gasteiger partial charge in [-0.25, -0.2) is 4.79 Å². The lowest BCUT2D eigenvalue weighted by atomic mass is 10.0. The first-order valence-corrected chi connectivity index (χ1v) is 7.04. The number of nitrogens with one attached hydrogen (secondary N) is 1. The zero-order valence-corrected chi connectivity index (χ0v) is 12.0. The van der Waals surface area contributed by atoms with Crippen LogP contribution in [-0.2, 0) is 6.54 Å². The van der Waals surface area contributed by atoms with Crippen molar-refractivity contribution in [3.05, 3.63) is 30.1 Å². The van der Waals surface area contributed by atoms with E-state index in [1.54, 1.807) is 12.4 Å². The summed E-state index contributed by atoms with van der Waals surface area (Å²) < 4.78 is 0. The summed E-state index contributed by atoms with van der Waals surface area (Å²) in [6.45, 7) is 7.02. The molecule has 2 rings (SSSR count). The Morgan fingerprint density at radius 2 is 2.00 bits per heavy atom. The molecule has 1 aliphatic rings. The summed E-state index contributed by atoms with van der Waals surface area (Å²) in [4.78, 5) is 18.3. The number of amides is 2. The Labute approximate surface area is 115 Å². The summed E-state index contributed by atoms with van der Waals surface area (Å²) in [5.74, 6) is 0.479. The first-order valence-electron chi connectivity index (χ1n) is 7.04. The molecule has 0 aromatic carbocycles. The first-order chi connectivity index (χ1) is 9.09. The maximum Gasteiger partial charge on any atom is 0.318 e. The van der Waals surface area contributed by atoms with Crippen molar-refractivity contribution < 1.29 is 4.79 Å². The van der Waals surface area contributed by atoms with Crippen LogP contribution >= 0.6 is 0 Å². The van der Waals surface area contributed by atoms with Crippen molar-refractivity contribution in [1.82, 2.24) is 15.2 Å². The predicted molar refractivity (Wildman–Crippen MR) is 75.6 cm³/mol. The lowest BCUT2D eigenvalue weighted by Crippen LogP contribution is -2.48. The van der Waals surface area contributed by atoms with E-state index in [1.807, 2.05) is 17.0 Å². The van der Waals surface area contributed by atoms with E-state index in [9.17, 15) is 4.79 Å². The number of pyridine rings is 1. The van der Waals surface area contributed by atoms with Crippen molar-refractivity contribution in [2.75, 3.05) is 0 Å². The van der Waals surface area contributed by atoms with Crippen LogP contribution in [0.2, 0.25) is 0 Å². The lowest BCUT2D eigenvalue weighted by molar-refractivity contribution is 0.156. The number of hydrogen-bond acceptors (Lipinski definition) is 2. The van der Waals surface area contributed by atoms with Crippen LogP contribution in [-0.4, -0.2) is 28.0 Å². The topological polar surface area (TPSA) is 45.2 Å². The van der Waals surface area contributed by atoms with Gasteiger partial charge in [0.05, 0.1) is 0 Å². The van der Waals surface area contributed by atoms with E-state index in [2.05, 4.69) is 31.1 Å². The van der Waals surface area contributed by atoms with Gasteiger partial charge in [0.1, 0.15) is 0 Å². The number of carbonyl (C=O) groups is 1. The third-order valence-corrected chi connectivity index (χ3v) is 3.77. The zero-order chi connectivity index (χ0) is 13.8. The molecule has 19 heavy (non-hydrogen) atoms. The van der Waals surface area contributed by atoms with Crippen molar-refractivity contribution >= 4 is 6.03 Å². The summed E-state index contributed by atoms with van der Waals surface area (Å²) in [6.07, 6.45) is 5.77. The Bertz CT molecular complexity index is 415. The molecule has 0 radical (unpaired) electrons. The van der Waals surface area contributed by atoms with Crippen LogP contribution in [0.4, 0.5) is 4.79 Å². The standard InChI is InChI=1S/C15H23N3O/c1-11(2)12(3)18(14-4-5-14)15(19)17-10-13-6-8-16-9-7-13/h6-9,11-12,14H,4-5,10H2,1-3H3,(H,17,19). The highest BCUT2D eigenvalue weighted by atomic mass is 16.2. The Kier molecular flexibility index (Phi) is 4.40. The minimum atomic E-state index is 0.0560. The molecule has 2 amide bonds.